The molecule has 0 spiro atoms. The Hall–Kier alpha value is -2.60. The molecular formula is C15H12ClN2O4-. The topological polar surface area (TPSA) is 98.8 Å². The van der Waals surface area contributed by atoms with Gasteiger partial charge in [-0.3, -0.25) is 15.1 Å². The van der Waals surface area contributed by atoms with Gasteiger partial charge in [-0.25, -0.2) is 0 Å². The summed E-state index contributed by atoms with van der Waals surface area (Å²) in [5.41, 5.74) is 1.18. The van der Waals surface area contributed by atoms with E-state index in [1.807, 2.05) is 6.92 Å². The lowest BCUT2D eigenvalue weighted by atomic mass is 10.1. The fourth-order valence-corrected chi connectivity index (χ4v) is 2.23. The summed E-state index contributed by atoms with van der Waals surface area (Å²) in [5, 5.41) is 32.8. The monoisotopic (exact) mass is 319 g/mol. The first-order valence-corrected chi connectivity index (χ1v) is 6.66. The second-order valence-electron chi connectivity index (χ2n) is 4.81. The molecule has 0 aliphatic rings. The van der Waals surface area contributed by atoms with Crippen molar-refractivity contribution in [3.63, 3.8) is 0 Å². The Morgan fingerprint density at radius 1 is 1.27 bits per heavy atom. The lowest BCUT2D eigenvalue weighted by molar-refractivity contribution is -0.398. The summed E-state index contributed by atoms with van der Waals surface area (Å²) in [6.07, 6.45) is 1.16. The molecule has 0 amide bonds. The highest BCUT2D eigenvalue weighted by Gasteiger charge is 2.11. The molecule has 0 heterocycles. The van der Waals surface area contributed by atoms with Gasteiger partial charge in [0.15, 0.2) is 0 Å². The van der Waals surface area contributed by atoms with E-state index in [1.165, 1.54) is 6.07 Å². The average molecular weight is 320 g/mol. The molecule has 2 rings (SSSR count). The highest BCUT2D eigenvalue weighted by Crippen LogP contribution is 2.33. The van der Waals surface area contributed by atoms with Gasteiger partial charge in [-0.05, 0) is 48.4 Å². The molecular weight excluding hydrogens is 308 g/mol. The Balaban J connectivity index is 2.49. The highest BCUT2D eigenvalue weighted by atomic mass is 35.5. The second kappa shape index (κ2) is 6.03. The number of phenolic OH excluding ortho intramolecular Hbond substituents is 1. The first-order valence-electron chi connectivity index (χ1n) is 6.29. The third-order valence-electron chi connectivity index (χ3n) is 3.03. The van der Waals surface area contributed by atoms with Crippen LogP contribution in [0.2, 0.25) is 5.02 Å². The first-order chi connectivity index (χ1) is 10.3. The molecule has 0 radical (unpaired) electrons. The molecule has 0 unspecified atom stereocenters. The van der Waals surface area contributed by atoms with Crippen molar-refractivity contribution < 1.29 is 15.1 Å². The molecule has 2 aromatic rings. The maximum atomic E-state index is 11.9. The minimum atomic E-state index is -0.792. The van der Waals surface area contributed by atoms with Crippen molar-refractivity contribution in [1.29, 1.82) is 0 Å². The first kappa shape index (κ1) is 15.8. The lowest BCUT2D eigenvalue weighted by Gasteiger charge is -2.11. The predicted molar refractivity (Wildman–Crippen MR) is 82.4 cm³/mol. The van der Waals surface area contributed by atoms with Gasteiger partial charge in [0.05, 0.1) is 4.92 Å². The van der Waals surface area contributed by atoms with Gasteiger partial charge < -0.3 is 10.2 Å². The van der Waals surface area contributed by atoms with Crippen molar-refractivity contribution in [2.24, 2.45) is 4.99 Å². The molecule has 114 valence electrons. The molecule has 2 aromatic carbocycles. The predicted octanol–water partition coefficient (Wildman–Crippen LogP) is 3.39. The summed E-state index contributed by atoms with van der Waals surface area (Å²) in [6.45, 7) is 3.57. The van der Waals surface area contributed by atoms with Crippen LogP contribution in [0.4, 0.5) is 11.4 Å². The third kappa shape index (κ3) is 3.17. The van der Waals surface area contributed by atoms with Crippen LogP contribution in [-0.4, -0.2) is 16.2 Å². The third-order valence-corrected chi connectivity index (χ3v) is 3.25. The van der Waals surface area contributed by atoms with Gasteiger partial charge >= 0.3 is 0 Å². The lowest BCUT2D eigenvalue weighted by Crippen LogP contribution is -2.02. The van der Waals surface area contributed by atoms with Crippen molar-refractivity contribution in [3.8, 4) is 11.5 Å². The molecule has 6 nitrogen and oxygen atoms in total. The largest absolute Gasteiger partial charge is 0.867 e. The number of nitrogens with zero attached hydrogens (tertiary/aromatic N) is 2. The van der Waals surface area contributed by atoms with Crippen LogP contribution in [0.1, 0.15) is 16.7 Å². The molecule has 0 saturated carbocycles. The number of phenols is 1. The van der Waals surface area contributed by atoms with Gasteiger partial charge in [-0.2, -0.15) is 0 Å². The van der Waals surface area contributed by atoms with Crippen LogP contribution in [-0.2, 0) is 0 Å². The van der Waals surface area contributed by atoms with E-state index in [4.69, 9.17) is 11.6 Å². The SMILES string of the molecule is Cc1cc(C)c(O)c(N=Cc2cc(Cl)cc([N+](=O)[O-])c2[O-])c1. The maximum Gasteiger partial charge on any atom is 0.263 e. The number of rotatable bonds is 3. The normalized spacial score (nSPS) is 11.0. The molecule has 0 aliphatic heterocycles. The van der Waals surface area contributed by atoms with Gasteiger partial charge in [0.25, 0.3) is 5.69 Å². The molecule has 0 aliphatic carbocycles. The van der Waals surface area contributed by atoms with Gasteiger partial charge in [0.2, 0.25) is 0 Å². The number of nitro benzene ring substituents is 1. The summed E-state index contributed by atoms with van der Waals surface area (Å²) < 4.78 is 0. The number of aryl methyl sites for hydroxylation is 2. The van der Waals surface area contributed by atoms with Crippen molar-refractivity contribution in [3.05, 3.63) is 56.1 Å². The molecule has 0 aromatic heterocycles. The van der Waals surface area contributed by atoms with E-state index < -0.39 is 16.4 Å². The van der Waals surface area contributed by atoms with E-state index in [1.54, 1.807) is 19.1 Å². The average Bonchev–Trinajstić information content (AvgIpc) is 2.43. The van der Waals surface area contributed by atoms with E-state index in [2.05, 4.69) is 4.99 Å². The summed E-state index contributed by atoms with van der Waals surface area (Å²) in [6, 6.07) is 5.72. The van der Waals surface area contributed by atoms with Crippen LogP contribution in [0.3, 0.4) is 0 Å². The standard InChI is InChI=1S/C15H13ClN2O4/c1-8-3-9(2)14(19)12(4-8)17-7-10-5-11(16)6-13(15(10)20)18(21)22/h3-7,19-20H,1-2H3/p-1. The fraction of sp³-hybridized carbons (Fsp3) is 0.133. The number of aliphatic imine (C=N–C) groups is 1. The second-order valence-corrected chi connectivity index (χ2v) is 5.24. The van der Waals surface area contributed by atoms with E-state index in [0.29, 0.717) is 5.56 Å². The van der Waals surface area contributed by atoms with Gasteiger partial charge in [0.1, 0.15) is 11.4 Å². The Kier molecular flexibility index (Phi) is 4.32. The number of benzene rings is 2. The minimum Gasteiger partial charge on any atom is -0.867 e. The van der Waals surface area contributed by atoms with E-state index >= 15 is 0 Å². The smallest absolute Gasteiger partial charge is 0.263 e. The Bertz CT molecular complexity index is 788. The molecule has 22 heavy (non-hydrogen) atoms. The van der Waals surface area contributed by atoms with Crippen LogP contribution in [0.25, 0.3) is 0 Å². The van der Waals surface area contributed by atoms with Crippen molar-refractivity contribution in [1.82, 2.24) is 0 Å². The van der Waals surface area contributed by atoms with Crippen molar-refractivity contribution >= 4 is 29.2 Å². The summed E-state index contributed by atoms with van der Waals surface area (Å²) >= 11 is 5.78. The summed E-state index contributed by atoms with van der Waals surface area (Å²) in [7, 11) is 0. The Morgan fingerprint density at radius 2 is 1.95 bits per heavy atom. The Labute approximate surface area is 131 Å². The molecule has 0 atom stereocenters. The van der Waals surface area contributed by atoms with Crippen LogP contribution in [0.15, 0.2) is 29.3 Å². The number of hydrogen-bond donors (Lipinski definition) is 1. The van der Waals surface area contributed by atoms with Gasteiger partial charge in [-0.15, -0.1) is 0 Å². The highest BCUT2D eigenvalue weighted by molar-refractivity contribution is 6.31. The maximum absolute atomic E-state index is 11.9. The fourth-order valence-electron chi connectivity index (χ4n) is 2.01. The Morgan fingerprint density at radius 3 is 2.59 bits per heavy atom. The molecule has 0 saturated heterocycles. The number of nitro groups is 1. The zero-order valence-corrected chi connectivity index (χ0v) is 12.6. The van der Waals surface area contributed by atoms with Crippen LogP contribution in [0.5, 0.6) is 11.5 Å². The van der Waals surface area contributed by atoms with Crippen LogP contribution in [0, 0.1) is 24.0 Å². The summed E-state index contributed by atoms with van der Waals surface area (Å²) in [5.74, 6) is -0.784. The molecule has 0 bridgehead atoms. The zero-order valence-electron chi connectivity index (χ0n) is 11.8. The van der Waals surface area contributed by atoms with E-state index in [0.717, 1.165) is 17.8 Å². The number of aromatic hydroxyl groups is 1. The van der Waals surface area contributed by atoms with Gasteiger partial charge in [0, 0.05) is 17.3 Å². The van der Waals surface area contributed by atoms with E-state index in [-0.39, 0.29) is 22.0 Å². The zero-order chi connectivity index (χ0) is 16.4. The van der Waals surface area contributed by atoms with Crippen LogP contribution >= 0.6 is 11.6 Å². The van der Waals surface area contributed by atoms with Crippen molar-refractivity contribution in [2.75, 3.05) is 0 Å². The van der Waals surface area contributed by atoms with Gasteiger partial charge in [-0.1, -0.05) is 17.7 Å². The molecule has 0 fully saturated rings. The molecule has 7 heteroatoms. The van der Waals surface area contributed by atoms with Crippen LogP contribution < -0.4 is 5.11 Å². The number of halogens is 1. The van der Waals surface area contributed by atoms with Crippen molar-refractivity contribution in [2.45, 2.75) is 13.8 Å². The summed E-state index contributed by atoms with van der Waals surface area (Å²) in [4.78, 5) is 14.1. The minimum absolute atomic E-state index is 0.00849. The number of hydrogen-bond acceptors (Lipinski definition) is 5. The molecule has 1 N–H and O–H groups in total. The quantitative estimate of drug-likeness (QED) is 0.532. The van der Waals surface area contributed by atoms with E-state index in [9.17, 15) is 20.3 Å².